The molecule has 5 heteroatoms. The van der Waals surface area contributed by atoms with Gasteiger partial charge in [-0.15, -0.1) is 0 Å². The fraction of sp³-hybridized carbons (Fsp3) is 0.286. The van der Waals surface area contributed by atoms with Crippen molar-refractivity contribution in [3.05, 3.63) is 46.2 Å². The molecule has 1 heterocycles. The van der Waals surface area contributed by atoms with Gasteiger partial charge in [0.1, 0.15) is 0 Å². The van der Waals surface area contributed by atoms with E-state index in [0.29, 0.717) is 12.1 Å². The molecule has 2 amide bonds. The molecule has 5 nitrogen and oxygen atoms in total. The molecule has 0 saturated carbocycles. The zero-order valence-electron chi connectivity index (χ0n) is 10.8. The Bertz CT molecular complexity index is 634. The van der Waals surface area contributed by atoms with Crippen LogP contribution in [0.3, 0.4) is 0 Å². The fourth-order valence-electron chi connectivity index (χ4n) is 1.80. The fourth-order valence-corrected chi connectivity index (χ4v) is 1.80. The van der Waals surface area contributed by atoms with Crippen LogP contribution in [-0.2, 0) is 6.54 Å². The van der Waals surface area contributed by atoms with Crippen LogP contribution in [0.25, 0.3) is 10.9 Å². The second-order valence-electron chi connectivity index (χ2n) is 4.32. The monoisotopic (exact) mass is 259 g/mol. The molecule has 0 fully saturated rings. The molecule has 3 N–H and O–H groups in total. The molecule has 0 saturated heterocycles. The van der Waals surface area contributed by atoms with Crippen molar-refractivity contribution in [3.63, 3.8) is 0 Å². The van der Waals surface area contributed by atoms with E-state index in [1.54, 1.807) is 6.07 Å². The Kier molecular flexibility index (Phi) is 4.18. The van der Waals surface area contributed by atoms with Crippen molar-refractivity contribution in [2.45, 2.75) is 19.9 Å². The highest BCUT2D eigenvalue weighted by Crippen LogP contribution is 2.09. The van der Waals surface area contributed by atoms with Gasteiger partial charge >= 0.3 is 6.03 Å². The van der Waals surface area contributed by atoms with E-state index in [2.05, 4.69) is 15.6 Å². The maximum absolute atomic E-state index is 11.8. The van der Waals surface area contributed by atoms with Gasteiger partial charge < -0.3 is 15.6 Å². The molecule has 100 valence electrons. The third kappa shape index (κ3) is 3.34. The number of aromatic nitrogens is 1. The van der Waals surface area contributed by atoms with Gasteiger partial charge in [0, 0.05) is 24.2 Å². The van der Waals surface area contributed by atoms with Gasteiger partial charge in [0.2, 0.25) is 0 Å². The van der Waals surface area contributed by atoms with E-state index in [1.165, 1.54) is 0 Å². The number of hydrogen-bond acceptors (Lipinski definition) is 2. The lowest BCUT2D eigenvalue weighted by atomic mass is 10.1. The first-order valence-electron chi connectivity index (χ1n) is 6.33. The minimum absolute atomic E-state index is 0.172. The summed E-state index contributed by atoms with van der Waals surface area (Å²) in [5, 5.41) is 6.32. The van der Waals surface area contributed by atoms with Crippen LogP contribution in [0.2, 0.25) is 0 Å². The number of carbonyl (C=O) groups is 1. The number of carbonyl (C=O) groups excluding carboxylic acids is 1. The van der Waals surface area contributed by atoms with E-state index in [0.717, 1.165) is 17.3 Å². The van der Waals surface area contributed by atoms with E-state index < -0.39 is 0 Å². The van der Waals surface area contributed by atoms with Crippen LogP contribution < -0.4 is 16.2 Å². The second-order valence-corrected chi connectivity index (χ2v) is 4.32. The quantitative estimate of drug-likeness (QED) is 0.782. The van der Waals surface area contributed by atoms with Crippen LogP contribution >= 0.6 is 0 Å². The number of amides is 2. The number of urea groups is 1. The number of benzene rings is 1. The second kappa shape index (κ2) is 6.04. The lowest BCUT2D eigenvalue weighted by Gasteiger charge is -2.07. The highest BCUT2D eigenvalue weighted by atomic mass is 16.2. The number of hydrogen-bond donors (Lipinski definition) is 3. The average molecular weight is 259 g/mol. The van der Waals surface area contributed by atoms with E-state index in [4.69, 9.17) is 0 Å². The standard InChI is InChI=1S/C14H17N3O2/c1-2-7-15-14(19)16-9-11-8-10-5-3-4-6-12(10)17-13(11)18/h3-6,8H,2,7,9H2,1H3,(H,17,18)(H2,15,16,19). The maximum atomic E-state index is 11.8. The summed E-state index contributed by atoms with van der Waals surface area (Å²) >= 11 is 0. The summed E-state index contributed by atoms with van der Waals surface area (Å²) in [6.07, 6.45) is 0.879. The lowest BCUT2D eigenvalue weighted by molar-refractivity contribution is 0.240. The van der Waals surface area contributed by atoms with Crippen LogP contribution in [-0.4, -0.2) is 17.6 Å². The number of aromatic amines is 1. The van der Waals surface area contributed by atoms with Gasteiger partial charge in [0.25, 0.3) is 5.56 Å². The molecule has 0 radical (unpaired) electrons. The third-order valence-electron chi connectivity index (χ3n) is 2.81. The summed E-state index contributed by atoms with van der Waals surface area (Å²) in [7, 11) is 0. The number of H-pyrrole nitrogens is 1. The molecule has 2 aromatic rings. The van der Waals surface area contributed by atoms with Crippen molar-refractivity contribution < 1.29 is 4.79 Å². The number of rotatable bonds is 4. The molecule has 1 aromatic carbocycles. The topological polar surface area (TPSA) is 74.0 Å². The number of nitrogens with one attached hydrogen (secondary N) is 3. The number of para-hydroxylation sites is 1. The average Bonchev–Trinajstić information content (AvgIpc) is 2.42. The van der Waals surface area contributed by atoms with Gasteiger partial charge in [-0.3, -0.25) is 4.79 Å². The summed E-state index contributed by atoms with van der Waals surface area (Å²) in [5.74, 6) is 0. The van der Waals surface area contributed by atoms with E-state index in [-0.39, 0.29) is 18.1 Å². The Hall–Kier alpha value is -2.30. The molecule has 0 aliphatic rings. The molecular formula is C14H17N3O2. The Morgan fingerprint density at radius 1 is 1.26 bits per heavy atom. The molecule has 1 aromatic heterocycles. The first-order chi connectivity index (χ1) is 9.20. The third-order valence-corrected chi connectivity index (χ3v) is 2.81. The van der Waals surface area contributed by atoms with Gasteiger partial charge in [-0.05, 0) is 23.9 Å². The summed E-state index contributed by atoms with van der Waals surface area (Å²) in [4.78, 5) is 26.0. The molecule has 0 bridgehead atoms. The predicted molar refractivity (Wildman–Crippen MR) is 75.1 cm³/mol. The highest BCUT2D eigenvalue weighted by molar-refractivity contribution is 5.79. The Labute approximate surface area is 111 Å². The smallest absolute Gasteiger partial charge is 0.315 e. The molecule has 0 atom stereocenters. The minimum Gasteiger partial charge on any atom is -0.338 e. The summed E-state index contributed by atoms with van der Waals surface area (Å²) in [5.41, 5.74) is 1.17. The zero-order chi connectivity index (χ0) is 13.7. The molecule has 0 unspecified atom stereocenters. The van der Waals surface area contributed by atoms with E-state index >= 15 is 0 Å². The summed E-state index contributed by atoms with van der Waals surface area (Å²) < 4.78 is 0. The van der Waals surface area contributed by atoms with Gasteiger partial charge in [-0.1, -0.05) is 25.1 Å². The van der Waals surface area contributed by atoms with Crippen molar-refractivity contribution in [1.29, 1.82) is 0 Å². The van der Waals surface area contributed by atoms with E-state index in [9.17, 15) is 9.59 Å². The molecule has 2 rings (SSSR count). The van der Waals surface area contributed by atoms with Crippen molar-refractivity contribution in [3.8, 4) is 0 Å². The van der Waals surface area contributed by atoms with Crippen LogP contribution in [0.4, 0.5) is 4.79 Å². The van der Waals surface area contributed by atoms with Gasteiger partial charge in [0.15, 0.2) is 0 Å². The molecule has 0 spiro atoms. The largest absolute Gasteiger partial charge is 0.338 e. The van der Waals surface area contributed by atoms with Crippen LogP contribution in [0.15, 0.2) is 35.1 Å². The SMILES string of the molecule is CCCNC(=O)NCc1cc2ccccc2[nH]c1=O. The normalized spacial score (nSPS) is 10.4. The predicted octanol–water partition coefficient (Wildman–Crippen LogP) is 1.74. The molecule has 19 heavy (non-hydrogen) atoms. The lowest BCUT2D eigenvalue weighted by Crippen LogP contribution is -2.36. The first-order valence-corrected chi connectivity index (χ1v) is 6.33. The van der Waals surface area contributed by atoms with Gasteiger partial charge in [-0.25, -0.2) is 4.79 Å². The van der Waals surface area contributed by atoms with E-state index in [1.807, 2.05) is 31.2 Å². The molecule has 0 aliphatic carbocycles. The number of fused-ring (bicyclic) bond motifs is 1. The van der Waals surface area contributed by atoms with Crippen molar-refractivity contribution >= 4 is 16.9 Å². The summed E-state index contributed by atoms with van der Waals surface area (Å²) in [6.45, 7) is 2.82. The Morgan fingerprint density at radius 2 is 2.05 bits per heavy atom. The maximum Gasteiger partial charge on any atom is 0.315 e. The van der Waals surface area contributed by atoms with Crippen molar-refractivity contribution in [2.75, 3.05) is 6.54 Å². The highest BCUT2D eigenvalue weighted by Gasteiger charge is 2.04. The first kappa shape index (κ1) is 13.1. The van der Waals surface area contributed by atoms with Crippen molar-refractivity contribution in [2.24, 2.45) is 0 Å². The van der Waals surface area contributed by atoms with Gasteiger partial charge in [0.05, 0.1) is 0 Å². The van der Waals surface area contributed by atoms with Crippen molar-refractivity contribution in [1.82, 2.24) is 15.6 Å². The minimum atomic E-state index is -0.255. The molecular weight excluding hydrogens is 242 g/mol. The Morgan fingerprint density at radius 3 is 2.84 bits per heavy atom. The Balaban J connectivity index is 2.10. The molecule has 0 aliphatic heterocycles. The van der Waals surface area contributed by atoms with Gasteiger partial charge in [-0.2, -0.15) is 0 Å². The van der Waals surface area contributed by atoms with Crippen LogP contribution in [0.1, 0.15) is 18.9 Å². The van der Waals surface area contributed by atoms with Crippen LogP contribution in [0, 0.1) is 0 Å². The van der Waals surface area contributed by atoms with Crippen LogP contribution in [0.5, 0.6) is 0 Å². The summed E-state index contributed by atoms with van der Waals surface area (Å²) in [6, 6.07) is 9.09. The number of pyridine rings is 1. The zero-order valence-corrected chi connectivity index (χ0v) is 10.8.